The van der Waals surface area contributed by atoms with E-state index in [2.05, 4.69) is 4.98 Å². The second-order valence-corrected chi connectivity index (χ2v) is 15.3. The van der Waals surface area contributed by atoms with Gasteiger partial charge in [-0.1, -0.05) is 13.8 Å². The highest BCUT2D eigenvalue weighted by atomic mass is 16.7. The van der Waals surface area contributed by atoms with Gasteiger partial charge in [-0.3, -0.25) is 38.5 Å². The number of hydrogen-bond acceptors (Lipinski definition) is 19. The zero-order chi connectivity index (χ0) is 42.6. The average molecular weight is 806 g/mol. The SMILES string of the molecule is CC(=O)OC[C@@]12[C@H](OC(C)=O)[C@H](OC(C)=O)[C@H]3[C@H](OC(C)=O)[C@]14O[C@]3(C)COC(=O)c1cccnc1[C@H](C)[C@@H](C)C(=O)O[C@H]([C@@H](OC(C)=O)[C@H]2OC(C)=O)[C@]4(C)O. The average Bonchev–Trinajstić information content (AvgIpc) is 3.32. The Morgan fingerprint density at radius 1 is 0.772 bits per heavy atom. The largest absolute Gasteiger partial charge is 0.465 e. The van der Waals surface area contributed by atoms with Gasteiger partial charge in [-0.25, -0.2) is 4.79 Å². The number of cyclic esters (lactones) is 1. The zero-order valence-corrected chi connectivity index (χ0v) is 33.2. The van der Waals surface area contributed by atoms with Gasteiger partial charge in [-0.2, -0.15) is 0 Å². The van der Waals surface area contributed by atoms with Crippen molar-refractivity contribution in [2.24, 2.45) is 17.3 Å². The van der Waals surface area contributed by atoms with Gasteiger partial charge in [0.1, 0.15) is 42.0 Å². The fourth-order valence-electron chi connectivity index (χ4n) is 9.25. The Morgan fingerprint density at radius 3 is 1.84 bits per heavy atom. The summed E-state index contributed by atoms with van der Waals surface area (Å²) < 4.78 is 54.3. The molecule has 1 saturated heterocycles. The Bertz CT molecular complexity index is 1860. The number of rotatable bonds is 7. The fraction of sp³-hybridized carbons (Fsp3) is 0.658. The smallest absolute Gasteiger partial charge is 0.340 e. The highest BCUT2D eigenvalue weighted by Crippen LogP contribution is 2.70. The summed E-state index contributed by atoms with van der Waals surface area (Å²) in [6.45, 7) is 9.67. The van der Waals surface area contributed by atoms with Crippen molar-refractivity contribution in [1.82, 2.24) is 4.98 Å². The normalized spacial score (nSPS) is 38.2. The molecule has 0 amide bonds. The molecule has 1 aromatic rings. The number of ether oxygens (including phenoxy) is 9. The Hall–Kier alpha value is -5.17. The summed E-state index contributed by atoms with van der Waals surface area (Å²) >= 11 is 0. The first-order valence-electron chi connectivity index (χ1n) is 18.2. The molecular formula is C38H47NO18. The number of aliphatic hydroxyl groups is 1. The molecule has 1 aromatic heterocycles. The monoisotopic (exact) mass is 805 g/mol. The van der Waals surface area contributed by atoms with Crippen LogP contribution >= 0.6 is 0 Å². The van der Waals surface area contributed by atoms with Crippen LogP contribution in [0.1, 0.15) is 91.2 Å². The van der Waals surface area contributed by atoms with Gasteiger partial charge < -0.3 is 47.7 Å². The summed E-state index contributed by atoms with van der Waals surface area (Å²) in [6, 6.07) is 2.89. The molecule has 2 saturated carbocycles. The summed E-state index contributed by atoms with van der Waals surface area (Å²) in [5.41, 5.74) is -10.1. The summed E-state index contributed by atoms with van der Waals surface area (Å²) in [4.78, 5) is 111. The predicted octanol–water partition coefficient (Wildman–Crippen LogP) is 1.03. The first-order chi connectivity index (χ1) is 26.5. The molecule has 2 aliphatic heterocycles. The van der Waals surface area contributed by atoms with Crippen LogP contribution in [0.25, 0.3) is 0 Å². The minimum absolute atomic E-state index is 0.0422. The van der Waals surface area contributed by atoms with E-state index in [1.54, 1.807) is 6.92 Å². The number of carbonyl (C=O) groups is 8. The van der Waals surface area contributed by atoms with Crippen LogP contribution in [0.15, 0.2) is 18.3 Å². The molecule has 2 aliphatic carbocycles. The zero-order valence-electron chi connectivity index (χ0n) is 33.2. The number of hydrogen-bond donors (Lipinski definition) is 1. The number of nitrogens with zero attached hydrogens (tertiary/aromatic N) is 1. The summed E-state index contributed by atoms with van der Waals surface area (Å²) in [7, 11) is 0. The minimum Gasteiger partial charge on any atom is -0.465 e. The van der Waals surface area contributed by atoms with Crippen molar-refractivity contribution in [3.8, 4) is 0 Å². The molecule has 19 heteroatoms. The Morgan fingerprint density at radius 2 is 1.30 bits per heavy atom. The second-order valence-electron chi connectivity index (χ2n) is 15.3. The predicted molar refractivity (Wildman–Crippen MR) is 185 cm³/mol. The van der Waals surface area contributed by atoms with Crippen LogP contribution in [-0.4, -0.2) is 124 Å². The first-order valence-corrected chi connectivity index (χ1v) is 18.2. The van der Waals surface area contributed by atoms with Crippen molar-refractivity contribution in [3.63, 3.8) is 0 Å². The topological polar surface area (TPSA) is 253 Å². The Balaban J connectivity index is 2.01. The van der Waals surface area contributed by atoms with Gasteiger partial charge in [0, 0.05) is 53.7 Å². The molecule has 4 aliphatic rings. The molecule has 1 spiro atoms. The van der Waals surface area contributed by atoms with E-state index in [1.807, 2.05) is 0 Å². The van der Waals surface area contributed by atoms with E-state index in [0.717, 1.165) is 48.5 Å². The van der Waals surface area contributed by atoms with E-state index >= 15 is 0 Å². The fourth-order valence-corrected chi connectivity index (χ4v) is 9.25. The van der Waals surface area contributed by atoms with Crippen molar-refractivity contribution in [2.75, 3.05) is 13.2 Å². The third-order valence-corrected chi connectivity index (χ3v) is 11.4. The number of aromatic nitrogens is 1. The molecule has 1 N–H and O–H groups in total. The maximum atomic E-state index is 14.3. The van der Waals surface area contributed by atoms with Gasteiger partial charge in [-0.15, -0.1) is 0 Å². The second kappa shape index (κ2) is 15.3. The lowest BCUT2D eigenvalue weighted by Gasteiger charge is -2.67. The van der Waals surface area contributed by atoms with Crippen LogP contribution in [0.4, 0.5) is 0 Å². The molecule has 4 bridgehead atoms. The summed E-state index contributed by atoms with van der Waals surface area (Å²) in [6.07, 6.45) is -10.5. The van der Waals surface area contributed by atoms with E-state index in [4.69, 9.17) is 42.6 Å². The highest BCUT2D eigenvalue weighted by molar-refractivity contribution is 5.91. The summed E-state index contributed by atoms with van der Waals surface area (Å²) in [5.74, 6) is -11.6. The van der Waals surface area contributed by atoms with E-state index in [-0.39, 0.29) is 11.3 Å². The lowest BCUT2D eigenvalue weighted by Crippen LogP contribution is -2.89. The van der Waals surface area contributed by atoms with E-state index in [9.17, 15) is 43.5 Å². The molecule has 3 heterocycles. The third-order valence-electron chi connectivity index (χ3n) is 11.4. The highest BCUT2D eigenvalue weighted by Gasteiger charge is 2.92. The lowest BCUT2D eigenvalue weighted by atomic mass is 9.45. The van der Waals surface area contributed by atoms with Crippen molar-refractivity contribution in [1.29, 1.82) is 0 Å². The lowest BCUT2D eigenvalue weighted by molar-refractivity contribution is -0.387. The first kappa shape index (κ1) is 43.0. The Labute approximate surface area is 327 Å². The van der Waals surface area contributed by atoms with Crippen molar-refractivity contribution < 1.29 is 86.1 Å². The van der Waals surface area contributed by atoms with Gasteiger partial charge >= 0.3 is 47.8 Å². The van der Waals surface area contributed by atoms with Crippen LogP contribution in [-0.2, 0) is 76.2 Å². The maximum absolute atomic E-state index is 14.3. The van der Waals surface area contributed by atoms with Gasteiger partial charge in [0.15, 0.2) is 30.0 Å². The Kier molecular flexibility index (Phi) is 11.5. The van der Waals surface area contributed by atoms with Gasteiger partial charge in [-0.05, 0) is 26.0 Å². The maximum Gasteiger partial charge on any atom is 0.340 e. The van der Waals surface area contributed by atoms with Gasteiger partial charge in [0.05, 0.1) is 23.1 Å². The number of carbonyl (C=O) groups excluding carboxylic acids is 8. The molecule has 5 rings (SSSR count). The van der Waals surface area contributed by atoms with Gasteiger partial charge in [0.2, 0.25) is 0 Å². The van der Waals surface area contributed by atoms with E-state index in [0.29, 0.717) is 0 Å². The quantitative estimate of drug-likeness (QED) is 0.298. The van der Waals surface area contributed by atoms with Crippen molar-refractivity contribution >= 4 is 47.8 Å². The molecule has 312 valence electrons. The van der Waals surface area contributed by atoms with Crippen molar-refractivity contribution in [3.05, 3.63) is 29.6 Å². The molecule has 0 unspecified atom stereocenters. The molecule has 3 fully saturated rings. The third kappa shape index (κ3) is 6.97. The number of esters is 8. The van der Waals surface area contributed by atoms with Crippen molar-refractivity contribution in [2.45, 2.75) is 129 Å². The van der Waals surface area contributed by atoms with Crippen LogP contribution in [0.3, 0.4) is 0 Å². The molecule has 0 aromatic carbocycles. The molecule has 0 radical (unpaired) electrons. The molecule has 19 nitrogen and oxygen atoms in total. The van der Waals surface area contributed by atoms with Crippen LogP contribution < -0.4 is 0 Å². The van der Waals surface area contributed by atoms with E-state index in [1.165, 1.54) is 32.2 Å². The standard InChI is InChI=1S/C38H47NO18/c1-16-17(2)33(46)56-30-28(52-20(5)42)32(55-23(8)45)37(15-49-18(3)40)31(54-22(7)44)27(51-19(4)41)25-29(53-21(6)43)38(37,36(30,10)48)57-35(25,9)14-50-34(47)24-12-11-13-39-26(16)24/h11-13,16-17,25,27-32,48H,14-15H2,1-10H3/t16-,17-,25+,27-,28-,29+,30-,31-,32-,35-,36+,37+,38-/m1/s1. The summed E-state index contributed by atoms with van der Waals surface area (Å²) in [5, 5.41) is 13.4. The number of pyridine rings is 1. The minimum atomic E-state index is -2.82. The number of fused-ring (bicyclic) bond motifs is 5. The van der Waals surface area contributed by atoms with Gasteiger partial charge in [0.25, 0.3) is 0 Å². The van der Waals surface area contributed by atoms with E-state index < -0.39 is 138 Å². The van der Waals surface area contributed by atoms with Crippen LogP contribution in [0.5, 0.6) is 0 Å². The van der Waals surface area contributed by atoms with Crippen LogP contribution in [0.2, 0.25) is 0 Å². The molecule has 57 heavy (non-hydrogen) atoms. The van der Waals surface area contributed by atoms with Crippen LogP contribution in [0, 0.1) is 17.3 Å². The molecular weight excluding hydrogens is 758 g/mol. The molecule has 13 atom stereocenters.